The lowest BCUT2D eigenvalue weighted by Gasteiger charge is -2.26. The Kier molecular flexibility index (Phi) is 12.2. The van der Waals surface area contributed by atoms with Gasteiger partial charge in [0.2, 0.25) is 0 Å². The molecule has 0 saturated heterocycles. The quantitative estimate of drug-likeness (QED) is 0.115. The molecule has 270 valence electrons. The Balaban J connectivity index is 0.000000186. The molecule has 2 nitrogen and oxygen atoms in total. The third kappa shape index (κ3) is 8.85. The molecule has 0 fully saturated rings. The molecule has 7 aromatic rings. The van der Waals surface area contributed by atoms with Crippen molar-refractivity contribution in [2.45, 2.75) is 41.5 Å². The minimum atomic E-state index is -0.867. The van der Waals surface area contributed by atoms with Crippen LogP contribution in [0.3, 0.4) is 0 Å². The highest BCUT2D eigenvalue weighted by atomic mass is 31.1. The Morgan fingerprint density at radius 2 is 0.741 bits per heavy atom. The number of hydrogen-bond donors (Lipinski definition) is 0. The van der Waals surface area contributed by atoms with Crippen LogP contribution in [-0.4, -0.2) is 11.6 Å². The molecule has 0 aliphatic heterocycles. The van der Waals surface area contributed by atoms with Crippen molar-refractivity contribution in [1.29, 1.82) is 0 Å². The van der Waals surface area contributed by atoms with Crippen molar-refractivity contribution in [2.24, 2.45) is 10.8 Å². The Labute approximate surface area is 323 Å². The van der Waals surface area contributed by atoms with Gasteiger partial charge >= 0.3 is 0 Å². The van der Waals surface area contributed by atoms with Gasteiger partial charge in [0.05, 0.1) is 0 Å². The zero-order valence-corrected chi connectivity index (χ0v) is 33.8. The molecule has 4 heteroatoms. The molecule has 0 N–H and O–H groups in total. The van der Waals surface area contributed by atoms with Gasteiger partial charge in [-0.1, -0.05) is 224 Å². The maximum Gasteiger partial charge on any atom is 0.168 e. The molecule has 0 spiro atoms. The van der Waals surface area contributed by atoms with Crippen molar-refractivity contribution < 1.29 is 9.59 Å². The van der Waals surface area contributed by atoms with Crippen LogP contribution in [0.15, 0.2) is 182 Å². The van der Waals surface area contributed by atoms with E-state index in [2.05, 4.69) is 133 Å². The van der Waals surface area contributed by atoms with Crippen LogP contribution in [0.5, 0.6) is 0 Å². The normalized spacial score (nSPS) is 11.6. The molecule has 0 aliphatic carbocycles. The number of hydrogen-bond acceptors (Lipinski definition) is 2. The SMILES string of the molecule is CC(C)(C)C(=O)c1ccc2ccccc2c1P(c1ccccc1)c1ccccc1.CC(C)(C)C(=O)c1ccccc1P(c1ccccc1)c1ccccc1. The van der Waals surface area contributed by atoms with Crippen LogP contribution in [0.1, 0.15) is 62.3 Å². The topological polar surface area (TPSA) is 34.1 Å². The summed E-state index contributed by atoms with van der Waals surface area (Å²) in [6, 6.07) is 62.8. The Hall–Kier alpha value is -5.00. The maximum absolute atomic E-state index is 13.5. The van der Waals surface area contributed by atoms with Crippen molar-refractivity contribution in [2.75, 3.05) is 0 Å². The van der Waals surface area contributed by atoms with Gasteiger partial charge in [-0.2, -0.15) is 0 Å². The molecular formula is C50H48O2P2. The predicted molar refractivity (Wildman–Crippen MR) is 235 cm³/mol. The summed E-state index contributed by atoms with van der Waals surface area (Å²) in [7, 11) is -1.63. The average molecular weight is 743 g/mol. The van der Waals surface area contributed by atoms with E-state index in [1.807, 2.05) is 90.1 Å². The Morgan fingerprint density at radius 3 is 1.20 bits per heavy atom. The highest BCUT2D eigenvalue weighted by molar-refractivity contribution is 7.80. The first kappa shape index (κ1) is 38.7. The van der Waals surface area contributed by atoms with Gasteiger partial charge in [-0.05, 0) is 53.1 Å². The average Bonchev–Trinajstić information content (AvgIpc) is 3.19. The lowest BCUT2D eigenvalue weighted by atomic mass is 9.86. The first-order valence-electron chi connectivity index (χ1n) is 18.5. The first-order chi connectivity index (χ1) is 25.9. The number of carbonyl (C=O) groups is 2. The highest BCUT2D eigenvalue weighted by Gasteiger charge is 2.31. The standard InChI is InChI=1S/C27H25OP.C23H23OP/c1-27(2,3)26(28)24-19-18-20-12-10-11-17-23(20)25(24)29(21-13-6-4-7-14-21)22-15-8-5-9-16-22;1-23(2,3)22(24)20-16-10-11-17-21(20)25(18-12-6-4-7-13-18)19-14-8-5-9-15-19/h4-19H,1-3H3;4-17H,1-3H3. The second-order valence-corrected chi connectivity index (χ2v) is 19.7. The van der Waals surface area contributed by atoms with Crippen LogP contribution >= 0.6 is 15.8 Å². The number of benzene rings is 7. The van der Waals surface area contributed by atoms with Crippen molar-refractivity contribution >= 4 is 70.0 Å². The largest absolute Gasteiger partial charge is 0.294 e. The van der Waals surface area contributed by atoms with Gasteiger partial charge in [0.1, 0.15) is 0 Å². The summed E-state index contributed by atoms with van der Waals surface area (Å²) in [4.78, 5) is 26.6. The van der Waals surface area contributed by atoms with E-state index in [-0.39, 0.29) is 11.6 Å². The predicted octanol–water partition coefficient (Wildman–Crippen LogP) is 10.5. The smallest absolute Gasteiger partial charge is 0.168 e. The number of carbonyl (C=O) groups excluding carboxylic acids is 2. The van der Waals surface area contributed by atoms with E-state index < -0.39 is 26.7 Å². The molecule has 7 aromatic carbocycles. The summed E-state index contributed by atoms with van der Waals surface area (Å²) in [5, 5.41) is 9.68. The lowest BCUT2D eigenvalue weighted by molar-refractivity contribution is 0.0853. The zero-order chi connectivity index (χ0) is 38.3. The number of fused-ring (bicyclic) bond motifs is 1. The summed E-state index contributed by atoms with van der Waals surface area (Å²) in [5.41, 5.74) is 0.847. The molecule has 7 rings (SSSR count). The van der Waals surface area contributed by atoms with Gasteiger partial charge in [0, 0.05) is 27.3 Å². The van der Waals surface area contributed by atoms with E-state index >= 15 is 0 Å². The van der Waals surface area contributed by atoms with Crippen LogP contribution in [0.25, 0.3) is 10.8 Å². The summed E-state index contributed by atoms with van der Waals surface area (Å²) in [6.45, 7) is 12.0. The fraction of sp³-hybridized carbons (Fsp3) is 0.160. The molecule has 0 saturated carbocycles. The minimum absolute atomic E-state index is 0.192. The fourth-order valence-electron chi connectivity index (χ4n) is 6.49. The van der Waals surface area contributed by atoms with Crippen molar-refractivity contribution in [3.63, 3.8) is 0 Å². The van der Waals surface area contributed by atoms with E-state index in [4.69, 9.17) is 0 Å². The molecule has 0 amide bonds. The van der Waals surface area contributed by atoms with Crippen molar-refractivity contribution in [3.8, 4) is 0 Å². The van der Waals surface area contributed by atoms with E-state index in [0.29, 0.717) is 0 Å². The number of ketones is 2. The monoisotopic (exact) mass is 742 g/mol. The number of rotatable bonds is 8. The molecule has 0 radical (unpaired) electrons. The molecular weight excluding hydrogens is 694 g/mol. The van der Waals surface area contributed by atoms with Crippen LogP contribution < -0.4 is 31.8 Å². The zero-order valence-electron chi connectivity index (χ0n) is 32.0. The molecule has 0 atom stereocenters. The summed E-state index contributed by atoms with van der Waals surface area (Å²) in [6.07, 6.45) is 0. The molecule has 0 aliphatic rings. The van der Waals surface area contributed by atoms with Gasteiger partial charge in [-0.15, -0.1) is 0 Å². The van der Waals surface area contributed by atoms with E-state index in [1.165, 1.54) is 32.0 Å². The molecule has 0 heterocycles. The Morgan fingerprint density at radius 1 is 0.370 bits per heavy atom. The molecule has 0 bridgehead atoms. The van der Waals surface area contributed by atoms with Gasteiger partial charge in [0.15, 0.2) is 11.6 Å². The van der Waals surface area contributed by atoms with Gasteiger partial charge in [-0.3, -0.25) is 9.59 Å². The van der Waals surface area contributed by atoms with Gasteiger partial charge < -0.3 is 0 Å². The van der Waals surface area contributed by atoms with E-state index in [1.54, 1.807) is 0 Å². The summed E-state index contributed by atoms with van der Waals surface area (Å²) >= 11 is 0. The molecule has 54 heavy (non-hydrogen) atoms. The molecule has 0 aromatic heterocycles. The summed E-state index contributed by atoms with van der Waals surface area (Å²) < 4.78 is 0. The third-order valence-corrected chi connectivity index (χ3v) is 14.2. The van der Waals surface area contributed by atoms with Crippen LogP contribution in [0, 0.1) is 10.8 Å². The van der Waals surface area contributed by atoms with Crippen molar-refractivity contribution in [3.05, 3.63) is 193 Å². The lowest BCUT2D eigenvalue weighted by Crippen LogP contribution is -2.30. The second-order valence-electron chi connectivity index (χ2n) is 15.4. The third-order valence-electron chi connectivity index (χ3n) is 9.18. The summed E-state index contributed by atoms with van der Waals surface area (Å²) in [5.74, 6) is 0.389. The molecule has 0 unspecified atom stereocenters. The van der Waals surface area contributed by atoms with Gasteiger partial charge in [0.25, 0.3) is 0 Å². The fourth-order valence-corrected chi connectivity index (χ4v) is 11.6. The van der Waals surface area contributed by atoms with Crippen LogP contribution in [0.4, 0.5) is 0 Å². The van der Waals surface area contributed by atoms with Gasteiger partial charge in [-0.25, -0.2) is 0 Å². The van der Waals surface area contributed by atoms with Crippen molar-refractivity contribution in [1.82, 2.24) is 0 Å². The van der Waals surface area contributed by atoms with E-state index in [9.17, 15) is 9.59 Å². The highest BCUT2D eigenvalue weighted by Crippen LogP contribution is 2.39. The number of Topliss-reactive ketones (excluding diaryl/α,β-unsaturated/α-hetero) is 2. The van der Waals surface area contributed by atoms with E-state index in [0.717, 1.165) is 21.7 Å². The minimum Gasteiger partial charge on any atom is -0.294 e. The van der Waals surface area contributed by atoms with Crippen LogP contribution in [0.2, 0.25) is 0 Å². The maximum atomic E-state index is 13.5. The first-order valence-corrected chi connectivity index (χ1v) is 21.1. The second kappa shape index (κ2) is 17.0. The van der Waals surface area contributed by atoms with Crippen LogP contribution in [-0.2, 0) is 0 Å². The Bertz CT molecular complexity index is 2240.